The summed E-state index contributed by atoms with van der Waals surface area (Å²) >= 11 is 0. The Morgan fingerprint density at radius 3 is 2.58 bits per heavy atom. The Balaban J connectivity index is 1.90. The number of aliphatic hydroxyl groups excluding tert-OH is 1. The predicted octanol–water partition coefficient (Wildman–Crippen LogP) is 2.24. The van der Waals surface area contributed by atoms with Crippen molar-refractivity contribution in [3.05, 3.63) is 29.8 Å². The van der Waals surface area contributed by atoms with E-state index in [-0.39, 0.29) is 16.8 Å². The number of nitrogens with zero attached hydrogens (tertiary/aromatic N) is 2. The van der Waals surface area contributed by atoms with Crippen LogP contribution in [0.5, 0.6) is 0 Å². The molecule has 1 N–H and O–H groups in total. The summed E-state index contributed by atoms with van der Waals surface area (Å²) in [6.07, 6.45) is 4.20. The fourth-order valence-corrected chi connectivity index (χ4v) is 5.56. The normalized spacial score (nSPS) is 23.7. The molecule has 3 rings (SSSR count). The summed E-state index contributed by atoms with van der Waals surface area (Å²) in [7, 11) is -3.76. The largest absolute Gasteiger partial charge is 0.391 e. The average Bonchev–Trinajstić information content (AvgIpc) is 2.59. The van der Waals surface area contributed by atoms with E-state index < -0.39 is 16.1 Å². The van der Waals surface area contributed by atoms with Crippen molar-refractivity contribution >= 4 is 15.9 Å². The highest BCUT2D eigenvalue weighted by molar-refractivity contribution is 7.89. The monoisotopic (exact) mass is 380 g/mol. The van der Waals surface area contributed by atoms with Gasteiger partial charge in [-0.2, -0.15) is 4.31 Å². The molecule has 144 valence electrons. The van der Waals surface area contributed by atoms with E-state index in [1.807, 2.05) is 6.92 Å². The molecule has 2 fully saturated rings. The molecule has 1 aliphatic heterocycles. The van der Waals surface area contributed by atoms with E-state index >= 15 is 0 Å². The minimum atomic E-state index is -3.76. The standard InChI is InChI=1S/C19H28N2O4S/c1-2-11-21(17-9-3-4-10-18(17)22)26(24,25)16-8-5-7-15(14-16)19(23)20-12-6-13-20/h5,7-8,14,17-18,22H,2-4,6,9-13H2,1H3/t17-,18-/m1/s1. The molecule has 6 nitrogen and oxygen atoms in total. The number of amides is 1. The van der Waals surface area contributed by atoms with Gasteiger partial charge in [-0.3, -0.25) is 4.79 Å². The predicted molar refractivity (Wildman–Crippen MR) is 99.4 cm³/mol. The van der Waals surface area contributed by atoms with Gasteiger partial charge in [0, 0.05) is 25.2 Å². The van der Waals surface area contributed by atoms with Crippen molar-refractivity contribution in [1.82, 2.24) is 9.21 Å². The molecule has 1 saturated heterocycles. The Labute approximate surface area is 155 Å². The van der Waals surface area contributed by atoms with Gasteiger partial charge in [0.2, 0.25) is 10.0 Å². The van der Waals surface area contributed by atoms with Crippen LogP contribution in [0.3, 0.4) is 0 Å². The van der Waals surface area contributed by atoms with E-state index in [0.717, 1.165) is 32.4 Å². The number of rotatable bonds is 6. The Kier molecular flexibility index (Phi) is 5.99. The average molecular weight is 381 g/mol. The molecule has 0 unspecified atom stereocenters. The van der Waals surface area contributed by atoms with Gasteiger partial charge in [0.25, 0.3) is 5.91 Å². The first-order chi connectivity index (χ1) is 12.4. The van der Waals surface area contributed by atoms with Crippen molar-refractivity contribution < 1.29 is 18.3 Å². The molecule has 1 aromatic carbocycles. The molecule has 0 bridgehead atoms. The number of hydrogen-bond acceptors (Lipinski definition) is 4. The van der Waals surface area contributed by atoms with Gasteiger partial charge < -0.3 is 10.0 Å². The number of aliphatic hydroxyl groups is 1. The van der Waals surface area contributed by atoms with Crippen LogP contribution < -0.4 is 0 Å². The fourth-order valence-electron chi connectivity index (χ4n) is 3.74. The summed E-state index contributed by atoms with van der Waals surface area (Å²) in [6.45, 7) is 3.76. The molecule has 0 aromatic heterocycles. The van der Waals surface area contributed by atoms with Crippen LogP contribution in [0.15, 0.2) is 29.2 Å². The SMILES string of the molecule is CCCN([C@@H]1CCCC[C@H]1O)S(=O)(=O)c1cccc(C(=O)N2CCC2)c1. The Hall–Kier alpha value is -1.44. The Bertz CT molecular complexity index is 746. The fraction of sp³-hybridized carbons (Fsp3) is 0.632. The second-order valence-electron chi connectivity index (χ2n) is 7.21. The Morgan fingerprint density at radius 2 is 1.96 bits per heavy atom. The maximum atomic E-state index is 13.3. The van der Waals surface area contributed by atoms with E-state index in [1.54, 1.807) is 23.1 Å². The van der Waals surface area contributed by atoms with Crippen LogP contribution in [-0.2, 0) is 10.0 Å². The van der Waals surface area contributed by atoms with Crippen molar-refractivity contribution in [3.8, 4) is 0 Å². The van der Waals surface area contributed by atoms with E-state index in [4.69, 9.17) is 0 Å². The highest BCUT2D eigenvalue weighted by Gasteiger charge is 2.36. The van der Waals surface area contributed by atoms with Crippen molar-refractivity contribution in [2.24, 2.45) is 0 Å². The smallest absolute Gasteiger partial charge is 0.253 e. The Morgan fingerprint density at radius 1 is 1.23 bits per heavy atom. The summed E-state index contributed by atoms with van der Waals surface area (Å²) in [5, 5.41) is 10.4. The topological polar surface area (TPSA) is 77.9 Å². The summed E-state index contributed by atoms with van der Waals surface area (Å²) in [6, 6.07) is 5.93. The van der Waals surface area contributed by atoms with Crippen LogP contribution in [-0.4, -0.2) is 60.4 Å². The molecule has 1 heterocycles. The van der Waals surface area contributed by atoms with Crippen LogP contribution in [0.4, 0.5) is 0 Å². The lowest BCUT2D eigenvalue weighted by Crippen LogP contribution is -2.48. The zero-order valence-corrected chi connectivity index (χ0v) is 16.1. The molecule has 0 radical (unpaired) electrons. The highest BCUT2D eigenvalue weighted by atomic mass is 32.2. The van der Waals surface area contributed by atoms with E-state index in [0.29, 0.717) is 31.4 Å². The maximum absolute atomic E-state index is 13.3. The zero-order valence-electron chi connectivity index (χ0n) is 15.3. The van der Waals surface area contributed by atoms with Crippen LogP contribution in [0.25, 0.3) is 0 Å². The quantitative estimate of drug-likeness (QED) is 0.821. The molecule has 0 spiro atoms. The van der Waals surface area contributed by atoms with Crippen LogP contribution in [0.1, 0.15) is 55.8 Å². The van der Waals surface area contributed by atoms with Gasteiger partial charge in [-0.25, -0.2) is 8.42 Å². The molecule has 1 aromatic rings. The maximum Gasteiger partial charge on any atom is 0.253 e. The number of carbonyl (C=O) groups excluding carboxylic acids is 1. The lowest BCUT2D eigenvalue weighted by Gasteiger charge is -2.36. The molecule has 1 aliphatic carbocycles. The van der Waals surface area contributed by atoms with Gasteiger partial charge in [-0.1, -0.05) is 25.8 Å². The minimum absolute atomic E-state index is 0.118. The molecule has 1 amide bonds. The van der Waals surface area contributed by atoms with E-state index in [1.165, 1.54) is 10.4 Å². The lowest BCUT2D eigenvalue weighted by molar-refractivity contribution is 0.0557. The first-order valence-electron chi connectivity index (χ1n) is 9.54. The summed E-state index contributed by atoms with van der Waals surface area (Å²) < 4.78 is 28.0. The zero-order chi connectivity index (χ0) is 18.7. The summed E-state index contributed by atoms with van der Waals surface area (Å²) in [5.41, 5.74) is 0.409. The highest BCUT2D eigenvalue weighted by Crippen LogP contribution is 2.29. The van der Waals surface area contributed by atoms with E-state index in [2.05, 4.69) is 0 Å². The van der Waals surface area contributed by atoms with Crippen molar-refractivity contribution in [2.45, 2.75) is 62.5 Å². The molecule has 26 heavy (non-hydrogen) atoms. The number of sulfonamides is 1. The van der Waals surface area contributed by atoms with E-state index in [9.17, 15) is 18.3 Å². The van der Waals surface area contributed by atoms with Gasteiger partial charge in [0.05, 0.1) is 17.0 Å². The third kappa shape index (κ3) is 3.80. The van der Waals surface area contributed by atoms with Gasteiger partial charge in [-0.05, 0) is 43.9 Å². The molecule has 2 atom stereocenters. The first-order valence-corrected chi connectivity index (χ1v) is 11.0. The van der Waals surface area contributed by atoms with Crippen LogP contribution in [0.2, 0.25) is 0 Å². The first kappa shape index (κ1) is 19.3. The number of carbonyl (C=O) groups is 1. The minimum Gasteiger partial charge on any atom is -0.391 e. The number of likely N-dealkylation sites (tertiary alicyclic amines) is 1. The van der Waals surface area contributed by atoms with Gasteiger partial charge >= 0.3 is 0 Å². The molecular weight excluding hydrogens is 352 g/mol. The van der Waals surface area contributed by atoms with Gasteiger partial charge in [-0.15, -0.1) is 0 Å². The number of benzene rings is 1. The van der Waals surface area contributed by atoms with Crippen molar-refractivity contribution in [1.29, 1.82) is 0 Å². The van der Waals surface area contributed by atoms with Crippen LogP contribution in [0, 0.1) is 0 Å². The third-order valence-corrected chi connectivity index (χ3v) is 7.26. The third-order valence-electron chi connectivity index (χ3n) is 5.34. The second kappa shape index (κ2) is 8.06. The summed E-state index contributed by atoms with van der Waals surface area (Å²) in [5.74, 6) is -0.118. The van der Waals surface area contributed by atoms with Crippen LogP contribution >= 0.6 is 0 Å². The second-order valence-corrected chi connectivity index (χ2v) is 9.10. The molecule has 7 heteroatoms. The molecule has 1 saturated carbocycles. The van der Waals surface area contributed by atoms with Gasteiger partial charge in [0.1, 0.15) is 0 Å². The molecular formula is C19H28N2O4S. The van der Waals surface area contributed by atoms with Crippen molar-refractivity contribution in [3.63, 3.8) is 0 Å². The van der Waals surface area contributed by atoms with Gasteiger partial charge in [0.15, 0.2) is 0 Å². The summed E-state index contributed by atoms with van der Waals surface area (Å²) in [4.78, 5) is 14.3. The van der Waals surface area contributed by atoms with Crippen molar-refractivity contribution in [2.75, 3.05) is 19.6 Å². The number of hydrogen-bond donors (Lipinski definition) is 1. The lowest BCUT2D eigenvalue weighted by atomic mass is 9.92. The molecule has 2 aliphatic rings.